The minimum atomic E-state index is -0.585. The van der Waals surface area contributed by atoms with E-state index in [-0.39, 0.29) is 36.8 Å². The number of rotatable bonds is 3. The van der Waals surface area contributed by atoms with Crippen molar-refractivity contribution in [1.29, 1.82) is 0 Å². The molecular weight excluding hydrogens is 430 g/mol. The van der Waals surface area contributed by atoms with Gasteiger partial charge < -0.3 is 24.3 Å². The number of aromatic nitrogens is 1. The van der Waals surface area contributed by atoms with Gasteiger partial charge in [0.15, 0.2) is 0 Å². The number of aromatic amines is 1. The Kier molecular flexibility index (Phi) is 5.71. The van der Waals surface area contributed by atoms with Crippen LogP contribution in [0.4, 0.5) is 9.59 Å². The number of likely N-dealkylation sites (tertiary alicyclic amines) is 2. The van der Waals surface area contributed by atoms with E-state index in [0.717, 1.165) is 22.0 Å². The molecule has 3 aromatic rings. The molecule has 3 heterocycles. The first kappa shape index (κ1) is 22.3. The highest BCUT2D eigenvalue weighted by Crippen LogP contribution is 2.43. The summed E-state index contributed by atoms with van der Waals surface area (Å²) < 4.78 is 11.4. The molecule has 7 nitrogen and oxygen atoms in total. The first-order valence-corrected chi connectivity index (χ1v) is 11.8. The van der Waals surface area contributed by atoms with Gasteiger partial charge in [0.2, 0.25) is 0 Å². The Morgan fingerprint density at radius 2 is 1.74 bits per heavy atom. The number of H-pyrrole nitrogens is 1. The molecule has 34 heavy (non-hydrogen) atoms. The number of nitrogens with one attached hydrogen (secondary N) is 1. The van der Waals surface area contributed by atoms with Gasteiger partial charge in [0, 0.05) is 36.1 Å². The van der Waals surface area contributed by atoms with Crippen LogP contribution in [0.15, 0.2) is 60.8 Å². The van der Waals surface area contributed by atoms with Crippen LogP contribution in [0.1, 0.15) is 44.2 Å². The van der Waals surface area contributed by atoms with Crippen molar-refractivity contribution in [2.75, 3.05) is 13.1 Å². The van der Waals surface area contributed by atoms with Crippen molar-refractivity contribution in [1.82, 2.24) is 14.8 Å². The molecule has 0 aliphatic carbocycles. The maximum absolute atomic E-state index is 13.2. The van der Waals surface area contributed by atoms with Crippen LogP contribution in [0.3, 0.4) is 0 Å². The lowest BCUT2D eigenvalue weighted by atomic mass is 9.91. The van der Waals surface area contributed by atoms with Crippen LogP contribution >= 0.6 is 0 Å². The molecule has 7 heteroatoms. The van der Waals surface area contributed by atoms with Gasteiger partial charge >= 0.3 is 12.2 Å². The molecule has 1 aromatic heterocycles. The highest BCUT2D eigenvalue weighted by atomic mass is 16.6. The number of fused-ring (bicyclic) bond motifs is 2. The SMILES string of the molecule is CC(C)(C)OC(=O)N1CC[C@@H]2[C@H]1C(c1c[nH]c3ccccc13)CN2C(=O)OCc1ccccc1. The Bertz CT molecular complexity index is 1180. The second-order valence-electron chi connectivity index (χ2n) is 10.1. The average molecular weight is 462 g/mol. The van der Waals surface area contributed by atoms with Gasteiger partial charge in [-0.2, -0.15) is 0 Å². The van der Waals surface area contributed by atoms with Crippen LogP contribution in [0.2, 0.25) is 0 Å². The van der Waals surface area contributed by atoms with E-state index in [0.29, 0.717) is 19.5 Å². The quantitative estimate of drug-likeness (QED) is 0.576. The van der Waals surface area contributed by atoms with Gasteiger partial charge in [-0.3, -0.25) is 0 Å². The molecule has 2 amide bonds. The number of hydrogen-bond donors (Lipinski definition) is 1. The van der Waals surface area contributed by atoms with Crippen molar-refractivity contribution in [2.45, 2.75) is 57.4 Å². The predicted molar refractivity (Wildman–Crippen MR) is 130 cm³/mol. The van der Waals surface area contributed by atoms with Gasteiger partial charge in [0.1, 0.15) is 12.2 Å². The minimum absolute atomic E-state index is 0.0413. The van der Waals surface area contributed by atoms with E-state index < -0.39 is 5.60 Å². The lowest BCUT2D eigenvalue weighted by Gasteiger charge is -2.31. The smallest absolute Gasteiger partial charge is 0.410 e. The third-order valence-electron chi connectivity index (χ3n) is 6.71. The second kappa shape index (κ2) is 8.70. The molecule has 0 saturated carbocycles. The fourth-order valence-electron chi connectivity index (χ4n) is 5.31. The Hall–Kier alpha value is -3.48. The zero-order valence-electron chi connectivity index (χ0n) is 19.9. The Labute approximate surface area is 199 Å². The zero-order chi connectivity index (χ0) is 23.9. The van der Waals surface area contributed by atoms with E-state index >= 15 is 0 Å². The van der Waals surface area contributed by atoms with Gasteiger partial charge in [-0.1, -0.05) is 48.5 Å². The van der Waals surface area contributed by atoms with E-state index in [9.17, 15) is 9.59 Å². The first-order chi connectivity index (χ1) is 16.3. The van der Waals surface area contributed by atoms with E-state index in [4.69, 9.17) is 9.47 Å². The fourth-order valence-corrected chi connectivity index (χ4v) is 5.31. The fraction of sp³-hybridized carbons (Fsp3) is 0.407. The van der Waals surface area contributed by atoms with Crippen molar-refractivity contribution in [2.24, 2.45) is 0 Å². The molecule has 1 N–H and O–H groups in total. The number of carbonyl (C=O) groups is 2. The van der Waals surface area contributed by atoms with Gasteiger partial charge in [-0.05, 0) is 44.4 Å². The van der Waals surface area contributed by atoms with E-state index in [1.807, 2.05) is 85.3 Å². The minimum Gasteiger partial charge on any atom is -0.445 e. The number of amides is 2. The van der Waals surface area contributed by atoms with Crippen LogP contribution in [-0.4, -0.2) is 57.7 Å². The Balaban J connectivity index is 1.43. The molecule has 5 rings (SSSR count). The number of nitrogens with zero attached hydrogens (tertiary/aromatic N) is 2. The topological polar surface area (TPSA) is 74.9 Å². The monoisotopic (exact) mass is 461 g/mol. The number of carbonyl (C=O) groups excluding carboxylic acids is 2. The zero-order valence-corrected chi connectivity index (χ0v) is 19.9. The van der Waals surface area contributed by atoms with Crippen molar-refractivity contribution in [3.63, 3.8) is 0 Å². The summed E-state index contributed by atoms with van der Waals surface area (Å²) in [4.78, 5) is 33.3. The molecule has 2 fully saturated rings. The molecule has 178 valence electrons. The molecule has 0 radical (unpaired) electrons. The molecule has 2 aliphatic rings. The summed E-state index contributed by atoms with van der Waals surface area (Å²) in [5.41, 5.74) is 2.51. The Morgan fingerprint density at radius 1 is 1.00 bits per heavy atom. The third-order valence-corrected chi connectivity index (χ3v) is 6.71. The van der Waals surface area contributed by atoms with Crippen LogP contribution in [0, 0.1) is 0 Å². The number of para-hydroxylation sites is 1. The highest BCUT2D eigenvalue weighted by Gasteiger charge is 2.53. The molecule has 1 unspecified atom stereocenters. The average Bonchev–Trinajstić information content (AvgIpc) is 3.51. The van der Waals surface area contributed by atoms with Gasteiger partial charge in [0.05, 0.1) is 12.1 Å². The summed E-state index contributed by atoms with van der Waals surface area (Å²) >= 11 is 0. The molecule has 3 atom stereocenters. The van der Waals surface area contributed by atoms with E-state index in [1.54, 1.807) is 0 Å². The van der Waals surface area contributed by atoms with Crippen LogP contribution in [0.5, 0.6) is 0 Å². The molecule has 0 spiro atoms. The van der Waals surface area contributed by atoms with Crippen molar-refractivity contribution in [3.8, 4) is 0 Å². The maximum Gasteiger partial charge on any atom is 0.410 e. The lowest BCUT2D eigenvalue weighted by molar-refractivity contribution is 0.0209. The first-order valence-electron chi connectivity index (χ1n) is 11.8. The predicted octanol–water partition coefficient (Wildman–Crippen LogP) is 5.28. The maximum atomic E-state index is 13.2. The van der Waals surface area contributed by atoms with E-state index in [2.05, 4.69) is 11.1 Å². The third kappa shape index (κ3) is 4.22. The standard InChI is InChI=1S/C27H31N3O4/c1-27(2,3)34-26(32)29-14-13-23-24(29)21(20-15-28-22-12-8-7-11-19(20)22)16-30(23)25(31)33-17-18-9-5-4-6-10-18/h4-12,15,21,23-24,28H,13-14,16-17H2,1-3H3/t21?,23-,24-/m1/s1. The van der Waals surface area contributed by atoms with Crippen molar-refractivity contribution >= 4 is 23.1 Å². The van der Waals surface area contributed by atoms with Crippen LogP contribution in [0.25, 0.3) is 10.9 Å². The molecule has 0 bridgehead atoms. The van der Waals surface area contributed by atoms with E-state index in [1.165, 1.54) is 0 Å². The lowest BCUT2D eigenvalue weighted by Crippen LogP contribution is -2.44. The van der Waals surface area contributed by atoms with Gasteiger partial charge in [0.25, 0.3) is 0 Å². The molecule has 2 aromatic carbocycles. The Morgan fingerprint density at radius 3 is 2.50 bits per heavy atom. The second-order valence-corrected chi connectivity index (χ2v) is 10.1. The number of hydrogen-bond acceptors (Lipinski definition) is 4. The molecule has 2 saturated heterocycles. The summed E-state index contributed by atoms with van der Waals surface area (Å²) in [5.74, 6) is -0.0413. The van der Waals surface area contributed by atoms with Crippen molar-refractivity contribution in [3.05, 3.63) is 71.9 Å². The van der Waals surface area contributed by atoms with Crippen LogP contribution in [-0.2, 0) is 16.1 Å². The summed E-state index contributed by atoms with van der Waals surface area (Å²) in [6.45, 7) is 6.88. The molecular formula is C27H31N3O4. The summed E-state index contributed by atoms with van der Waals surface area (Å²) in [6.07, 6.45) is 2.04. The number of ether oxygens (including phenoxy) is 2. The summed E-state index contributed by atoms with van der Waals surface area (Å²) in [5, 5.41) is 1.11. The van der Waals surface area contributed by atoms with Gasteiger partial charge in [-0.25, -0.2) is 9.59 Å². The number of benzene rings is 2. The highest BCUT2D eigenvalue weighted by molar-refractivity contribution is 5.84. The summed E-state index contributed by atoms with van der Waals surface area (Å²) in [7, 11) is 0. The largest absolute Gasteiger partial charge is 0.445 e. The van der Waals surface area contributed by atoms with Crippen LogP contribution < -0.4 is 0 Å². The normalized spacial score (nSPS) is 22.1. The van der Waals surface area contributed by atoms with Crippen molar-refractivity contribution < 1.29 is 19.1 Å². The van der Waals surface area contributed by atoms with Gasteiger partial charge in [-0.15, -0.1) is 0 Å². The summed E-state index contributed by atoms with van der Waals surface area (Å²) in [6, 6.07) is 17.5. The molecule has 2 aliphatic heterocycles.